The number of fused-ring (bicyclic) bond motifs is 2. The van der Waals surface area contributed by atoms with Gasteiger partial charge in [0.05, 0.1) is 6.04 Å². The highest BCUT2D eigenvalue weighted by molar-refractivity contribution is 5.75. The van der Waals surface area contributed by atoms with E-state index in [-0.39, 0.29) is 18.2 Å². The second-order valence-corrected chi connectivity index (χ2v) is 7.05. The SMILES string of the molecule is CC(C)(C)OC(=O)N1C2C=C(c3ccc(N)nc3)CC1CC2. The first kappa shape index (κ1) is 14.9. The van der Waals surface area contributed by atoms with E-state index in [1.165, 1.54) is 5.57 Å². The van der Waals surface area contributed by atoms with Crippen molar-refractivity contribution in [3.8, 4) is 0 Å². The summed E-state index contributed by atoms with van der Waals surface area (Å²) in [6.07, 6.45) is 6.65. The van der Waals surface area contributed by atoms with Crippen molar-refractivity contribution >= 4 is 17.5 Å². The molecule has 2 atom stereocenters. The average molecular weight is 301 g/mol. The summed E-state index contributed by atoms with van der Waals surface area (Å²) in [4.78, 5) is 18.5. The highest BCUT2D eigenvalue weighted by Crippen LogP contribution is 2.39. The lowest BCUT2D eigenvalue weighted by Crippen LogP contribution is -2.45. The molecule has 22 heavy (non-hydrogen) atoms. The summed E-state index contributed by atoms with van der Waals surface area (Å²) in [7, 11) is 0. The van der Waals surface area contributed by atoms with Gasteiger partial charge in [-0.1, -0.05) is 6.08 Å². The number of carbonyl (C=O) groups excluding carboxylic acids is 1. The van der Waals surface area contributed by atoms with Gasteiger partial charge in [-0.15, -0.1) is 0 Å². The molecule has 2 unspecified atom stereocenters. The minimum Gasteiger partial charge on any atom is -0.444 e. The monoisotopic (exact) mass is 301 g/mol. The fourth-order valence-corrected chi connectivity index (χ4v) is 3.24. The number of amides is 1. The molecule has 1 fully saturated rings. The van der Waals surface area contributed by atoms with Gasteiger partial charge in [-0.3, -0.25) is 4.90 Å². The maximum atomic E-state index is 12.4. The van der Waals surface area contributed by atoms with Crippen molar-refractivity contribution in [3.63, 3.8) is 0 Å². The van der Waals surface area contributed by atoms with Gasteiger partial charge in [0.25, 0.3) is 0 Å². The van der Waals surface area contributed by atoms with Crippen LogP contribution in [0.1, 0.15) is 45.6 Å². The zero-order valence-electron chi connectivity index (χ0n) is 13.4. The highest BCUT2D eigenvalue weighted by atomic mass is 16.6. The van der Waals surface area contributed by atoms with E-state index in [1.807, 2.05) is 44.0 Å². The van der Waals surface area contributed by atoms with Gasteiger partial charge in [0.15, 0.2) is 0 Å². The van der Waals surface area contributed by atoms with Crippen LogP contribution in [0, 0.1) is 0 Å². The molecule has 0 spiro atoms. The number of aromatic nitrogens is 1. The van der Waals surface area contributed by atoms with Crippen LogP contribution in [-0.2, 0) is 4.74 Å². The van der Waals surface area contributed by atoms with Gasteiger partial charge in [-0.2, -0.15) is 0 Å². The maximum absolute atomic E-state index is 12.4. The fraction of sp³-hybridized carbons (Fsp3) is 0.529. The summed E-state index contributed by atoms with van der Waals surface area (Å²) >= 11 is 0. The van der Waals surface area contributed by atoms with E-state index in [9.17, 15) is 4.79 Å². The lowest BCUT2D eigenvalue weighted by atomic mass is 9.96. The van der Waals surface area contributed by atoms with Crippen LogP contribution in [-0.4, -0.2) is 33.7 Å². The Balaban J connectivity index is 1.80. The molecule has 5 nitrogen and oxygen atoms in total. The Bertz CT molecular complexity index is 601. The average Bonchev–Trinajstić information content (AvgIpc) is 2.69. The molecule has 2 aliphatic rings. The van der Waals surface area contributed by atoms with Gasteiger partial charge < -0.3 is 10.5 Å². The van der Waals surface area contributed by atoms with Gasteiger partial charge in [-0.05, 0) is 63.3 Å². The van der Waals surface area contributed by atoms with E-state index >= 15 is 0 Å². The Morgan fingerprint density at radius 2 is 2.14 bits per heavy atom. The third-order valence-electron chi connectivity index (χ3n) is 4.16. The predicted octanol–water partition coefficient (Wildman–Crippen LogP) is 3.22. The van der Waals surface area contributed by atoms with Gasteiger partial charge in [0, 0.05) is 12.2 Å². The van der Waals surface area contributed by atoms with Crippen molar-refractivity contribution in [2.75, 3.05) is 5.73 Å². The highest BCUT2D eigenvalue weighted by Gasteiger charge is 2.41. The maximum Gasteiger partial charge on any atom is 0.411 e. The molecule has 2 aliphatic heterocycles. The van der Waals surface area contributed by atoms with E-state index in [2.05, 4.69) is 11.1 Å². The summed E-state index contributed by atoms with van der Waals surface area (Å²) in [5.74, 6) is 0.526. The van der Waals surface area contributed by atoms with Crippen LogP contribution in [0.2, 0.25) is 0 Å². The normalized spacial score (nSPS) is 24.1. The van der Waals surface area contributed by atoms with E-state index in [1.54, 1.807) is 0 Å². The van der Waals surface area contributed by atoms with Gasteiger partial charge in [0.1, 0.15) is 11.4 Å². The molecule has 2 bridgehead atoms. The van der Waals surface area contributed by atoms with Crippen LogP contribution in [0.15, 0.2) is 24.4 Å². The van der Waals surface area contributed by atoms with Crippen LogP contribution in [0.25, 0.3) is 5.57 Å². The fourth-order valence-electron chi connectivity index (χ4n) is 3.24. The van der Waals surface area contributed by atoms with Crippen molar-refractivity contribution in [2.45, 2.75) is 57.7 Å². The molecular formula is C17H23N3O2. The predicted molar refractivity (Wildman–Crippen MR) is 86.1 cm³/mol. The molecule has 0 aromatic carbocycles. The number of nitrogens with zero attached hydrogens (tertiary/aromatic N) is 2. The molecule has 0 saturated carbocycles. The molecule has 5 heteroatoms. The topological polar surface area (TPSA) is 68.5 Å². The van der Waals surface area contributed by atoms with Crippen molar-refractivity contribution < 1.29 is 9.53 Å². The van der Waals surface area contributed by atoms with Crippen LogP contribution in [0.4, 0.5) is 10.6 Å². The summed E-state index contributed by atoms with van der Waals surface area (Å²) in [5.41, 5.74) is 7.53. The van der Waals surface area contributed by atoms with E-state index in [4.69, 9.17) is 10.5 Å². The van der Waals surface area contributed by atoms with E-state index in [0.29, 0.717) is 5.82 Å². The second kappa shape index (κ2) is 5.30. The number of nitrogens with two attached hydrogens (primary N) is 1. The van der Waals surface area contributed by atoms with Crippen LogP contribution in [0.5, 0.6) is 0 Å². The third kappa shape index (κ3) is 2.93. The molecule has 1 saturated heterocycles. The molecule has 0 radical (unpaired) electrons. The minimum atomic E-state index is -0.457. The third-order valence-corrected chi connectivity index (χ3v) is 4.16. The van der Waals surface area contributed by atoms with Crippen molar-refractivity contribution in [1.82, 2.24) is 9.88 Å². The molecular weight excluding hydrogens is 278 g/mol. The number of carbonyl (C=O) groups is 1. The Morgan fingerprint density at radius 3 is 2.73 bits per heavy atom. The Hall–Kier alpha value is -2.04. The number of nitrogen functional groups attached to an aromatic ring is 1. The molecule has 118 valence electrons. The number of hydrogen-bond donors (Lipinski definition) is 1. The molecule has 1 aromatic rings. The Morgan fingerprint density at radius 1 is 1.36 bits per heavy atom. The van der Waals surface area contributed by atoms with Gasteiger partial charge >= 0.3 is 6.09 Å². The van der Waals surface area contributed by atoms with Crippen LogP contribution in [0.3, 0.4) is 0 Å². The van der Waals surface area contributed by atoms with E-state index < -0.39 is 5.60 Å². The summed E-state index contributed by atoms with van der Waals surface area (Å²) < 4.78 is 5.54. The van der Waals surface area contributed by atoms with Gasteiger partial charge in [-0.25, -0.2) is 9.78 Å². The van der Waals surface area contributed by atoms with Crippen molar-refractivity contribution in [3.05, 3.63) is 30.0 Å². The summed E-state index contributed by atoms with van der Waals surface area (Å²) in [6, 6.07) is 4.16. The second-order valence-electron chi connectivity index (χ2n) is 7.05. The number of ether oxygens (including phenoxy) is 1. The number of rotatable bonds is 1. The first-order valence-corrected chi connectivity index (χ1v) is 7.77. The first-order valence-electron chi connectivity index (χ1n) is 7.77. The molecule has 3 heterocycles. The number of anilines is 1. The Labute approximate surface area is 131 Å². The standard InChI is InChI=1S/C17H23N3O2/c1-17(2,3)22-16(21)20-13-5-6-14(20)9-12(8-13)11-4-7-15(18)19-10-11/h4,7-8,10,13-14H,5-6,9H2,1-3H3,(H2,18,19). The first-order chi connectivity index (χ1) is 10.3. The largest absolute Gasteiger partial charge is 0.444 e. The lowest BCUT2D eigenvalue weighted by molar-refractivity contribution is 0.0175. The smallest absolute Gasteiger partial charge is 0.411 e. The van der Waals surface area contributed by atoms with E-state index in [0.717, 1.165) is 24.8 Å². The molecule has 3 rings (SSSR count). The van der Waals surface area contributed by atoms with Crippen molar-refractivity contribution in [1.29, 1.82) is 0 Å². The zero-order valence-corrected chi connectivity index (χ0v) is 13.4. The summed E-state index contributed by atoms with van der Waals surface area (Å²) in [6.45, 7) is 5.70. The quantitative estimate of drug-likeness (QED) is 0.864. The molecule has 0 aliphatic carbocycles. The Kier molecular flexibility index (Phi) is 3.59. The molecule has 1 aromatic heterocycles. The van der Waals surface area contributed by atoms with Crippen LogP contribution >= 0.6 is 0 Å². The van der Waals surface area contributed by atoms with Gasteiger partial charge in [0.2, 0.25) is 0 Å². The molecule has 1 amide bonds. The summed E-state index contributed by atoms with van der Waals surface area (Å²) in [5, 5.41) is 0. The minimum absolute atomic E-state index is 0.126. The lowest BCUT2D eigenvalue weighted by Gasteiger charge is -2.35. The molecule has 2 N–H and O–H groups in total. The number of pyridine rings is 1. The van der Waals surface area contributed by atoms with Crippen LogP contribution < -0.4 is 5.73 Å². The number of hydrogen-bond acceptors (Lipinski definition) is 4. The zero-order chi connectivity index (χ0) is 15.9. The van der Waals surface area contributed by atoms with Crippen molar-refractivity contribution in [2.24, 2.45) is 0 Å².